The van der Waals surface area contributed by atoms with Crippen LogP contribution in [-0.4, -0.2) is 12.7 Å². The molecule has 0 spiro atoms. The second-order valence-corrected chi connectivity index (χ2v) is 5.37. The zero-order valence-corrected chi connectivity index (χ0v) is 12.6. The summed E-state index contributed by atoms with van der Waals surface area (Å²) in [6.07, 6.45) is 0. The van der Waals surface area contributed by atoms with Crippen LogP contribution in [0.2, 0.25) is 0 Å². The van der Waals surface area contributed by atoms with Crippen LogP contribution in [0.3, 0.4) is 0 Å². The maximum absolute atomic E-state index is 11.4. The summed E-state index contributed by atoms with van der Waals surface area (Å²) in [7, 11) is 0. The van der Waals surface area contributed by atoms with Crippen LogP contribution in [-0.2, 0) is 0 Å². The Morgan fingerprint density at radius 1 is 1.18 bits per heavy atom. The Kier molecular flexibility index (Phi) is 3.63. The predicted octanol–water partition coefficient (Wildman–Crippen LogP) is 3.00. The van der Waals surface area contributed by atoms with Gasteiger partial charge in [-0.2, -0.15) is 0 Å². The molecule has 2 aromatic carbocycles. The Morgan fingerprint density at radius 3 is 2.73 bits per heavy atom. The van der Waals surface area contributed by atoms with Gasteiger partial charge in [-0.3, -0.25) is 4.79 Å². The molecular weight excluding hydrogens is 280 g/mol. The van der Waals surface area contributed by atoms with E-state index in [-0.39, 0.29) is 12.8 Å². The fraction of sp³-hybridized carbons (Fsp3) is 0.235. The molecule has 3 N–H and O–H groups in total. The van der Waals surface area contributed by atoms with Gasteiger partial charge in [-0.25, -0.2) is 0 Å². The van der Waals surface area contributed by atoms with Gasteiger partial charge in [-0.05, 0) is 49.2 Å². The van der Waals surface area contributed by atoms with Crippen LogP contribution in [0.25, 0.3) is 0 Å². The lowest BCUT2D eigenvalue weighted by Crippen LogP contribution is -2.14. The number of carbonyl (C=O) groups excluding carboxylic acids is 1. The molecule has 1 atom stereocenters. The maximum Gasteiger partial charge on any atom is 0.249 e. The van der Waals surface area contributed by atoms with E-state index in [9.17, 15) is 4.79 Å². The molecule has 0 unspecified atom stereocenters. The van der Waals surface area contributed by atoms with Crippen molar-refractivity contribution >= 4 is 11.6 Å². The summed E-state index contributed by atoms with van der Waals surface area (Å²) in [6.45, 7) is 4.17. The molecule has 3 rings (SSSR count). The quantitative estimate of drug-likeness (QED) is 0.910. The van der Waals surface area contributed by atoms with Gasteiger partial charge in [-0.15, -0.1) is 0 Å². The van der Waals surface area contributed by atoms with Gasteiger partial charge >= 0.3 is 0 Å². The van der Waals surface area contributed by atoms with E-state index in [2.05, 4.69) is 5.32 Å². The number of rotatable bonds is 4. The third-order valence-corrected chi connectivity index (χ3v) is 3.78. The highest BCUT2D eigenvalue weighted by atomic mass is 16.7. The summed E-state index contributed by atoms with van der Waals surface area (Å²) in [6, 6.07) is 11.5. The molecule has 2 aromatic rings. The molecule has 114 valence electrons. The molecule has 1 aliphatic rings. The Balaban J connectivity index is 1.81. The number of hydrogen-bond acceptors (Lipinski definition) is 4. The SMILES string of the molecule is Cc1ccc(N[C@@H](C)c2ccc3c(c2)OCO3)cc1C(N)=O. The molecule has 1 aliphatic heterocycles. The summed E-state index contributed by atoms with van der Waals surface area (Å²) in [4.78, 5) is 11.4. The van der Waals surface area contributed by atoms with Crippen molar-refractivity contribution in [3.63, 3.8) is 0 Å². The molecule has 22 heavy (non-hydrogen) atoms. The fourth-order valence-corrected chi connectivity index (χ4v) is 2.49. The summed E-state index contributed by atoms with van der Waals surface area (Å²) in [5.74, 6) is 1.10. The number of aryl methyl sites for hydroxylation is 1. The third-order valence-electron chi connectivity index (χ3n) is 3.78. The average molecular weight is 298 g/mol. The van der Waals surface area contributed by atoms with Crippen LogP contribution in [0.15, 0.2) is 36.4 Å². The topological polar surface area (TPSA) is 73.6 Å². The van der Waals surface area contributed by atoms with Crippen LogP contribution < -0.4 is 20.5 Å². The number of benzene rings is 2. The summed E-state index contributed by atoms with van der Waals surface area (Å²) >= 11 is 0. The second kappa shape index (κ2) is 5.60. The molecule has 1 heterocycles. The third kappa shape index (κ3) is 2.70. The number of nitrogens with two attached hydrogens (primary N) is 1. The minimum Gasteiger partial charge on any atom is -0.454 e. The van der Waals surface area contributed by atoms with Gasteiger partial charge in [0.2, 0.25) is 12.7 Å². The predicted molar refractivity (Wildman–Crippen MR) is 84.3 cm³/mol. The van der Waals surface area contributed by atoms with Gasteiger partial charge in [0.05, 0.1) is 0 Å². The molecule has 0 fully saturated rings. The molecule has 1 amide bonds. The van der Waals surface area contributed by atoms with Crippen LogP contribution in [0, 0.1) is 6.92 Å². The molecule has 5 heteroatoms. The Morgan fingerprint density at radius 2 is 1.95 bits per heavy atom. The maximum atomic E-state index is 11.4. The molecule has 0 saturated heterocycles. The van der Waals surface area contributed by atoms with Crippen LogP contribution in [0.1, 0.15) is 34.5 Å². The van der Waals surface area contributed by atoms with Crippen molar-refractivity contribution in [2.75, 3.05) is 12.1 Å². The first kappa shape index (κ1) is 14.3. The highest BCUT2D eigenvalue weighted by molar-refractivity contribution is 5.95. The number of carbonyl (C=O) groups is 1. The number of amides is 1. The first-order valence-electron chi connectivity index (χ1n) is 7.11. The summed E-state index contributed by atoms with van der Waals surface area (Å²) < 4.78 is 10.7. The number of hydrogen-bond donors (Lipinski definition) is 2. The lowest BCUT2D eigenvalue weighted by atomic mass is 10.0. The number of primary amides is 1. The normalized spacial score (nSPS) is 13.7. The van der Waals surface area contributed by atoms with Crippen molar-refractivity contribution in [3.8, 4) is 11.5 Å². The smallest absolute Gasteiger partial charge is 0.249 e. The van der Waals surface area contributed by atoms with E-state index in [1.165, 1.54) is 0 Å². The van der Waals surface area contributed by atoms with Crippen LogP contribution in [0.4, 0.5) is 5.69 Å². The zero-order chi connectivity index (χ0) is 15.7. The monoisotopic (exact) mass is 298 g/mol. The van der Waals surface area contributed by atoms with E-state index in [0.29, 0.717) is 5.56 Å². The lowest BCUT2D eigenvalue weighted by molar-refractivity contribution is 0.0999. The first-order valence-corrected chi connectivity index (χ1v) is 7.11. The van der Waals surface area contributed by atoms with Gasteiger partial charge in [0, 0.05) is 17.3 Å². The van der Waals surface area contributed by atoms with Crippen molar-refractivity contribution < 1.29 is 14.3 Å². The minimum atomic E-state index is -0.420. The largest absolute Gasteiger partial charge is 0.454 e. The first-order chi connectivity index (χ1) is 10.5. The van der Waals surface area contributed by atoms with E-state index >= 15 is 0 Å². The second-order valence-electron chi connectivity index (χ2n) is 5.37. The van der Waals surface area contributed by atoms with Gasteiger partial charge in [0.15, 0.2) is 11.5 Å². The standard InChI is InChI=1S/C17H18N2O3/c1-10-3-5-13(8-14(10)17(18)20)19-11(2)12-4-6-15-16(7-12)22-9-21-15/h3-8,11,19H,9H2,1-2H3,(H2,18,20)/t11-/m0/s1. The number of ether oxygens (including phenoxy) is 2. The van der Waals surface area contributed by atoms with Gasteiger partial charge in [0.25, 0.3) is 0 Å². The van der Waals surface area contributed by atoms with E-state index in [0.717, 1.165) is 28.3 Å². The van der Waals surface area contributed by atoms with Crippen LogP contribution in [0.5, 0.6) is 11.5 Å². The molecule has 5 nitrogen and oxygen atoms in total. The molecule has 0 bridgehead atoms. The van der Waals surface area contributed by atoms with Crippen molar-refractivity contribution in [3.05, 3.63) is 53.1 Å². The molecule has 0 saturated carbocycles. The van der Waals surface area contributed by atoms with Gasteiger partial charge in [0.1, 0.15) is 0 Å². The van der Waals surface area contributed by atoms with Crippen molar-refractivity contribution in [2.24, 2.45) is 5.73 Å². The summed E-state index contributed by atoms with van der Waals surface area (Å²) in [5, 5.41) is 3.37. The number of nitrogens with one attached hydrogen (secondary N) is 1. The molecule has 0 radical (unpaired) electrons. The zero-order valence-electron chi connectivity index (χ0n) is 12.6. The Labute approximate surface area is 129 Å². The van der Waals surface area contributed by atoms with E-state index in [4.69, 9.17) is 15.2 Å². The highest BCUT2D eigenvalue weighted by Gasteiger charge is 2.16. The average Bonchev–Trinajstić information content (AvgIpc) is 2.96. The molecule has 0 aromatic heterocycles. The van der Waals surface area contributed by atoms with Gasteiger partial charge in [-0.1, -0.05) is 12.1 Å². The van der Waals surface area contributed by atoms with E-state index in [1.807, 2.05) is 44.2 Å². The molecular formula is C17H18N2O3. The van der Waals surface area contributed by atoms with Crippen molar-refractivity contribution in [1.82, 2.24) is 0 Å². The number of anilines is 1. The summed E-state index contributed by atoms with van der Waals surface area (Å²) in [5.41, 5.74) is 8.72. The van der Waals surface area contributed by atoms with E-state index < -0.39 is 5.91 Å². The van der Waals surface area contributed by atoms with Crippen LogP contribution >= 0.6 is 0 Å². The van der Waals surface area contributed by atoms with E-state index in [1.54, 1.807) is 6.07 Å². The highest BCUT2D eigenvalue weighted by Crippen LogP contribution is 2.34. The molecule has 0 aliphatic carbocycles. The van der Waals surface area contributed by atoms with Crippen molar-refractivity contribution in [2.45, 2.75) is 19.9 Å². The Bertz CT molecular complexity index is 728. The fourth-order valence-electron chi connectivity index (χ4n) is 2.49. The number of fused-ring (bicyclic) bond motifs is 1. The minimum absolute atomic E-state index is 0.0536. The Hall–Kier alpha value is -2.69. The van der Waals surface area contributed by atoms with Gasteiger partial charge < -0.3 is 20.5 Å². The lowest BCUT2D eigenvalue weighted by Gasteiger charge is -2.17. The van der Waals surface area contributed by atoms with Crippen molar-refractivity contribution in [1.29, 1.82) is 0 Å².